The van der Waals surface area contributed by atoms with Gasteiger partial charge in [-0.25, -0.2) is 0 Å². The first-order valence-electron chi connectivity index (χ1n) is 26.4. The molecule has 0 heterocycles. The maximum absolute atomic E-state index is 3.45. The highest BCUT2D eigenvalue weighted by molar-refractivity contribution is 9.12. The third kappa shape index (κ3) is 39.5. The summed E-state index contributed by atoms with van der Waals surface area (Å²) < 4.78 is 31.1. The van der Waals surface area contributed by atoms with Crippen LogP contribution in [0, 0.1) is 42.8 Å². The predicted molar refractivity (Wildman–Crippen MR) is 394 cm³/mol. The normalized spacial score (nSPS) is 9.62. The summed E-state index contributed by atoms with van der Waals surface area (Å²) in [7, 11) is 0. The van der Waals surface area contributed by atoms with Gasteiger partial charge in [0.05, 0.1) is 0 Å². The number of rotatable bonds is 12. The molecule has 0 amide bonds. The fourth-order valence-corrected chi connectivity index (χ4v) is 22.8. The molecule has 24 heteroatoms. The molecule has 0 aromatic heterocycles. The van der Waals surface area contributed by atoms with E-state index in [2.05, 4.69) is 482 Å². The van der Waals surface area contributed by atoms with Crippen molar-refractivity contribution in [3.05, 3.63) is 388 Å². The summed E-state index contributed by atoms with van der Waals surface area (Å²) in [6.07, 6.45) is 0. The van der Waals surface area contributed by atoms with E-state index in [0.29, 0.717) is 0 Å². The fraction of sp³-hybridized carbons (Fsp3) is 0. The Balaban J connectivity index is 0.000000569. The van der Waals surface area contributed by atoms with Gasteiger partial charge in [0, 0.05) is 53.7 Å². The summed E-state index contributed by atoms with van der Waals surface area (Å²) in [5.74, 6) is 0. The molecule has 0 atom stereocenters. The zero-order valence-electron chi connectivity index (χ0n) is 48.8. The van der Waals surface area contributed by atoms with Crippen LogP contribution >= 0.6 is 191 Å². The number of benzene rings is 12. The van der Waals surface area contributed by atoms with Gasteiger partial charge in [0.25, 0.3) is 0 Å². The average Bonchev–Trinajstić information content (AvgIpc) is 1.35. The van der Waals surface area contributed by atoms with Crippen molar-refractivity contribution in [2.45, 2.75) is 0 Å². The summed E-state index contributed by atoms with van der Waals surface area (Å²) in [5.41, 5.74) is 0. The monoisotopic (exact) mass is 2730 g/mol. The van der Waals surface area contributed by atoms with Gasteiger partial charge in [-0.05, 0) is 291 Å². The lowest BCUT2D eigenvalue weighted by Gasteiger charge is -1.89. The molecule has 0 aliphatic heterocycles. The van der Waals surface area contributed by atoms with Crippen molar-refractivity contribution < 1.29 is 155 Å². The number of hydrogen-bond donors (Lipinski definition) is 0. The Bertz CT molecular complexity index is 3070. The molecule has 0 N–H and O–H groups in total. The predicted octanol–water partition coefficient (Wildman–Crippen LogP) is -9.94. The molecule has 12 rings (SSSR count). The molecule has 0 nitrogen and oxygen atoms in total. The molecule has 0 unspecified atom stereocenters. The van der Waals surface area contributed by atoms with Crippen molar-refractivity contribution in [3.8, 4) is 0 Å². The Morgan fingerprint density at radius 3 is 0.208 bits per heavy atom. The van der Waals surface area contributed by atoms with E-state index in [1.807, 2.05) is 0 Å². The zero-order valence-corrected chi connectivity index (χ0v) is 80.8. The molecule has 0 aliphatic carbocycles. The van der Waals surface area contributed by atoms with Crippen LogP contribution in [0.25, 0.3) is 0 Å². The van der Waals surface area contributed by atoms with Gasteiger partial charge in [-0.1, -0.05) is 191 Å². The summed E-state index contributed by atoms with van der Waals surface area (Å²) in [6.45, 7) is 0. The van der Waals surface area contributed by atoms with Crippen LogP contribution in [-0.2, 0) is 0 Å². The maximum atomic E-state index is 3.45. The van der Waals surface area contributed by atoms with Crippen LogP contribution in [0.3, 0.4) is 0 Å². The van der Waals surface area contributed by atoms with Gasteiger partial charge < -0.3 is 28.2 Å². The van der Waals surface area contributed by atoms with Crippen LogP contribution in [0.5, 0.6) is 0 Å². The highest BCUT2D eigenvalue weighted by Gasteiger charge is 2.19. The van der Waals surface area contributed by atoms with Crippen LogP contribution in [0.4, 0.5) is 0 Å². The Kier molecular flexibility index (Phi) is 52.3. The molecule has 0 spiro atoms. The van der Waals surface area contributed by atoms with Crippen LogP contribution in [0.2, 0.25) is 0 Å². The van der Waals surface area contributed by atoms with Crippen LogP contribution in [0.15, 0.2) is 345 Å². The summed E-state index contributed by atoms with van der Waals surface area (Å²) in [4.78, 5) is 0. The minimum absolute atomic E-state index is 0. The maximum Gasteiger partial charge on any atom is 0.357 e. The number of hydrogen-bond acceptors (Lipinski definition) is 0. The van der Waals surface area contributed by atoms with E-state index in [-0.39, 0.29) is 155 Å². The lowest BCUT2D eigenvalue weighted by Crippen LogP contribution is -3.61. The van der Waals surface area contributed by atoms with E-state index in [9.17, 15) is 0 Å². The quantitative estimate of drug-likeness (QED) is 0.0845. The van der Waals surface area contributed by atoms with Crippen LogP contribution in [0.1, 0.15) is 0 Å². The molecule has 0 fully saturated rings. The minimum atomic E-state index is -0.0385. The van der Waals surface area contributed by atoms with Gasteiger partial charge in [-0.3, -0.25) is 0 Å². The van der Waals surface area contributed by atoms with Gasteiger partial charge >= 0.3 is 127 Å². The van der Waals surface area contributed by atoms with Gasteiger partial charge in [0.15, 0.2) is 42.8 Å². The van der Waals surface area contributed by atoms with Gasteiger partial charge in [0.1, 0.15) is 0 Å². The van der Waals surface area contributed by atoms with Gasteiger partial charge in [-0.15, -0.1) is 0 Å². The first kappa shape index (κ1) is 94.4. The third-order valence-corrected chi connectivity index (χ3v) is 33.4. The van der Waals surface area contributed by atoms with Crippen molar-refractivity contribution in [1.82, 2.24) is 0 Å². The Hall–Kier alpha value is 0.360. The zero-order chi connectivity index (χ0) is 64.0. The van der Waals surface area contributed by atoms with E-state index in [4.69, 9.17) is 0 Å². The van der Waals surface area contributed by atoms with E-state index in [0.717, 1.165) is 53.7 Å². The van der Waals surface area contributed by atoms with Gasteiger partial charge in [-0.2, -0.15) is 0 Å². The summed E-state index contributed by atoms with van der Waals surface area (Å²) in [6, 6.07) is 103. The molecule has 96 heavy (non-hydrogen) atoms. The Morgan fingerprint density at radius 1 is 0.104 bits per heavy atom. The second-order valence-corrected chi connectivity index (χ2v) is 47.0. The molecule has 0 bridgehead atoms. The SMILES string of the molecule is Brc1ccc([I+]c2ccc(Br)cc2)cc1.Brc1ccc([I+]c2ccc(Br)cc2)cc1.Brc1ccc([I+]c2ccc(Br)cc2)cc1.Brc1ccc([I+]c2ccc(Br)cc2)cc1.Brc1ccc([I+]c2ccc(Br)cc2)cc1.Brc1ccc([I+]c2ccc(Br)cc2)cc1.[F-].[F-].[F-].[F-].[F-].[F-]. The fourth-order valence-electron chi connectivity index (χ4n) is 6.67. The molecule has 504 valence electrons. The Morgan fingerprint density at radius 2 is 0.156 bits per heavy atom. The Labute approximate surface area is 721 Å². The molecule has 0 aliphatic rings. The lowest BCUT2D eigenvalue weighted by atomic mass is 10.4. The lowest BCUT2D eigenvalue weighted by molar-refractivity contribution is -0.597. The highest BCUT2D eigenvalue weighted by Crippen LogP contribution is 2.13. The van der Waals surface area contributed by atoms with E-state index in [1.165, 1.54) is 42.8 Å². The van der Waals surface area contributed by atoms with Crippen LogP contribution in [-0.4, -0.2) is 0 Å². The largest absolute Gasteiger partial charge is 1.00 e. The molecular formula is C72H48Br12F6I6. The summed E-state index contributed by atoms with van der Waals surface area (Å²) in [5, 5.41) is 0. The molecular weight excluding hydrogens is 2700 g/mol. The standard InChI is InChI=1S/6C12H8Br2I.6FH/c6*13-9-1-5-11(6-2-9)15-12-7-3-10(14)4-8-12;;;;;;/h6*1-8H;6*1H/q6*+1;;;;;;/p-6. The van der Waals surface area contributed by atoms with Crippen molar-refractivity contribution >= 4 is 191 Å². The topological polar surface area (TPSA) is 0 Å². The van der Waals surface area contributed by atoms with Gasteiger partial charge in [0.2, 0.25) is 0 Å². The van der Waals surface area contributed by atoms with E-state index >= 15 is 0 Å². The van der Waals surface area contributed by atoms with Crippen molar-refractivity contribution in [1.29, 1.82) is 0 Å². The average molecular weight is 2750 g/mol. The molecule has 12 aromatic rings. The van der Waals surface area contributed by atoms with E-state index < -0.39 is 0 Å². The first-order valence-corrected chi connectivity index (χ1v) is 48.9. The van der Waals surface area contributed by atoms with Crippen molar-refractivity contribution in [2.24, 2.45) is 0 Å². The summed E-state index contributed by atoms with van der Waals surface area (Å²) >= 11 is 41.1. The van der Waals surface area contributed by atoms with Crippen molar-refractivity contribution in [2.75, 3.05) is 0 Å². The second-order valence-electron chi connectivity index (χ2n) is 17.8. The smallest absolute Gasteiger partial charge is 0.357 e. The minimum Gasteiger partial charge on any atom is -1.00 e. The van der Waals surface area contributed by atoms with E-state index in [1.54, 1.807) is 0 Å². The second kappa shape index (κ2) is 53.2. The molecule has 12 aromatic carbocycles. The molecule has 0 saturated carbocycles. The van der Waals surface area contributed by atoms with Crippen LogP contribution < -0.4 is 155 Å². The molecule has 0 saturated heterocycles. The first-order chi connectivity index (χ1) is 43.4. The third-order valence-electron chi connectivity index (χ3n) is 11.0. The molecule has 0 radical (unpaired) electrons. The highest BCUT2D eigenvalue weighted by atomic mass is 127. The van der Waals surface area contributed by atoms with Crippen molar-refractivity contribution in [3.63, 3.8) is 0 Å². The number of halogens is 24.